The maximum absolute atomic E-state index is 12.7. The van der Waals surface area contributed by atoms with Crippen molar-refractivity contribution >= 4 is 23.1 Å². The third kappa shape index (κ3) is 4.24. The molecule has 5 rings (SSSR count). The number of amides is 1. The third-order valence-electron chi connectivity index (χ3n) is 4.97. The standard InChI is InChI=1S/C25H20N4O2S/c1-17-14-23(29(28-17)25-26-21(16-32-25)22-8-5-13-31-22)27-24(30)15-18-9-11-20(12-10-18)19-6-3-2-4-7-19/h2-14,16H,15H2,1H3,(H,27,30). The number of furan rings is 1. The van der Waals surface area contributed by atoms with Gasteiger partial charge in [0.2, 0.25) is 11.0 Å². The molecule has 2 aromatic carbocycles. The number of thiazole rings is 1. The second-order valence-electron chi connectivity index (χ2n) is 7.36. The number of nitrogens with one attached hydrogen (secondary N) is 1. The lowest BCUT2D eigenvalue weighted by Gasteiger charge is -2.07. The molecule has 1 amide bonds. The Morgan fingerprint density at radius 2 is 1.81 bits per heavy atom. The van der Waals surface area contributed by atoms with Crippen LogP contribution in [0.25, 0.3) is 27.7 Å². The van der Waals surface area contributed by atoms with E-state index in [-0.39, 0.29) is 12.3 Å². The number of carbonyl (C=O) groups excluding carboxylic acids is 1. The largest absolute Gasteiger partial charge is 0.463 e. The number of aromatic nitrogens is 3. The van der Waals surface area contributed by atoms with Crippen LogP contribution in [0.2, 0.25) is 0 Å². The van der Waals surface area contributed by atoms with Crippen LogP contribution in [0.1, 0.15) is 11.3 Å². The van der Waals surface area contributed by atoms with Gasteiger partial charge < -0.3 is 9.73 Å². The highest BCUT2D eigenvalue weighted by molar-refractivity contribution is 7.12. The van der Waals surface area contributed by atoms with Crippen LogP contribution in [0.4, 0.5) is 5.82 Å². The predicted octanol–water partition coefficient (Wildman–Crippen LogP) is 5.75. The minimum absolute atomic E-state index is 0.110. The summed E-state index contributed by atoms with van der Waals surface area (Å²) in [5.41, 5.74) is 4.75. The van der Waals surface area contributed by atoms with Crippen LogP contribution in [-0.4, -0.2) is 20.7 Å². The van der Waals surface area contributed by atoms with E-state index < -0.39 is 0 Å². The van der Waals surface area contributed by atoms with Crippen LogP contribution in [0.5, 0.6) is 0 Å². The fraction of sp³-hybridized carbons (Fsp3) is 0.0800. The normalized spacial score (nSPS) is 10.9. The molecule has 3 heterocycles. The fourth-order valence-corrected chi connectivity index (χ4v) is 4.23. The zero-order chi connectivity index (χ0) is 21.9. The summed E-state index contributed by atoms with van der Waals surface area (Å²) in [6.07, 6.45) is 1.89. The summed E-state index contributed by atoms with van der Waals surface area (Å²) in [6.45, 7) is 1.88. The molecule has 5 aromatic rings. The second-order valence-corrected chi connectivity index (χ2v) is 8.20. The molecule has 0 bridgehead atoms. The average molecular weight is 441 g/mol. The molecule has 7 heteroatoms. The first-order chi connectivity index (χ1) is 15.7. The number of aryl methyl sites for hydroxylation is 1. The van der Waals surface area contributed by atoms with Crippen LogP contribution in [-0.2, 0) is 11.2 Å². The number of anilines is 1. The van der Waals surface area contributed by atoms with Gasteiger partial charge in [-0.3, -0.25) is 4.79 Å². The Labute approximate surface area is 189 Å². The van der Waals surface area contributed by atoms with E-state index in [1.807, 2.05) is 73.0 Å². The zero-order valence-corrected chi connectivity index (χ0v) is 18.2. The molecule has 32 heavy (non-hydrogen) atoms. The lowest BCUT2D eigenvalue weighted by Crippen LogP contribution is -2.17. The zero-order valence-electron chi connectivity index (χ0n) is 17.4. The van der Waals surface area contributed by atoms with Gasteiger partial charge in [-0.15, -0.1) is 11.3 Å². The van der Waals surface area contributed by atoms with Crippen molar-refractivity contribution in [3.8, 4) is 27.7 Å². The van der Waals surface area contributed by atoms with Crippen LogP contribution in [0.15, 0.2) is 88.9 Å². The summed E-state index contributed by atoms with van der Waals surface area (Å²) in [6, 6.07) is 23.7. The van der Waals surface area contributed by atoms with Crippen molar-refractivity contribution in [1.29, 1.82) is 0 Å². The number of carbonyl (C=O) groups is 1. The molecule has 0 unspecified atom stereocenters. The molecule has 0 radical (unpaired) electrons. The average Bonchev–Trinajstić information content (AvgIpc) is 3.56. The van der Waals surface area contributed by atoms with Gasteiger partial charge in [0.05, 0.1) is 18.4 Å². The summed E-state index contributed by atoms with van der Waals surface area (Å²) < 4.78 is 7.07. The predicted molar refractivity (Wildman–Crippen MR) is 126 cm³/mol. The van der Waals surface area contributed by atoms with E-state index in [2.05, 4.69) is 27.5 Å². The molecule has 0 fully saturated rings. The molecule has 158 valence electrons. The first-order valence-corrected chi connectivity index (χ1v) is 11.0. The van der Waals surface area contributed by atoms with Crippen molar-refractivity contribution in [2.75, 3.05) is 5.32 Å². The Bertz CT molecular complexity index is 1340. The van der Waals surface area contributed by atoms with Gasteiger partial charge in [0.25, 0.3) is 0 Å². The molecule has 0 saturated carbocycles. The van der Waals surface area contributed by atoms with Crippen molar-refractivity contribution in [2.45, 2.75) is 13.3 Å². The SMILES string of the molecule is Cc1cc(NC(=O)Cc2ccc(-c3ccccc3)cc2)n(-c2nc(-c3ccco3)cs2)n1. The highest BCUT2D eigenvalue weighted by Gasteiger charge is 2.15. The van der Waals surface area contributed by atoms with Gasteiger partial charge in [-0.2, -0.15) is 9.78 Å². The topological polar surface area (TPSA) is 73.0 Å². The van der Waals surface area contributed by atoms with E-state index in [0.717, 1.165) is 28.1 Å². The van der Waals surface area contributed by atoms with Gasteiger partial charge in [0.15, 0.2) is 5.76 Å². The lowest BCUT2D eigenvalue weighted by atomic mass is 10.0. The third-order valence-corrected chi connectivity index (χ3v) is 5.79. The van der Waals surface area contributed by atoms with Crippen molar-refractivity contribution in [3.05, 3.63) is 95.7 Å². The van der Waals surface area contributed by atoms with Crippen LogP contribution < -0.4 is 5.32 Å². The van der Waals surface area contributed by atoms with E-state index in [4.69, 9.17) is 4.42 Å². The molecule has 1 N–H and O–H groups in total. The number of benzene rings is 2. The Morgan fingerprint density at radius 1 is 1.03 bits per heavy atom. The van der Waals surface area contributed by atoms with Gasteiger partial charge in [-0.1, -0.05) is 54.6 Å². The van der Waals surface area contributed by atoms with Crippen LogP contribution in [0, 0.1) is 6.92 Å². The van der Waals surface area contributed by atoms with Crippen LogP contribution >= 0.6 is 11.3 Å². The highest BCUT2D eigenvalue weighted by Crippen LogP contribution is 2.27. The lowest BCUT2D eigenvalue weighted by molar-refractivity contribution is -0.115. The number of hydrogen-bond donors (Lipinski definition) is 1. The minimum atomic E-state index is -0.110. The van der Waals surface area contributed by atoms with Crippen molar-refractivity contribution in [3.63, 3.8) is 0 Å². The van der Waals surface area contributed by atoms with E-state index in [1.54, 1.807) is 10.9 Å². The first-order valence-electron chi connectivity index (χ1n) is 10.2. The Balaban J connectivity index is 1.30. The number of rotatable bonds is 6. The van der Waals surface area contributed by atoms with Gasteiger partial charge in [-0.25, -0.2) is 4.98 Å². The molecule has 0 saturated heterocycles. The Kier molecular flexibility index (Phi) is 5.39. The summed E-state index contributed by atoms with van der Waals surface area (Å²) >= 11 is 1.44. The van der Waals surface area contributed by atoms with E-state index in [9.17, 15) is 4.79 Å². The molecule has 3 aromatic heterocycles. The van der Waals surface area contributed by atoms with Crippen molar-refractivity contribution in [1.82, 2.24) is 14.8 Å². The molecule has 0 spiro atoms. The Hall–Kier alpha value is -3.97. The summed E-state index contributed by atoms with van der Waals surface area (Å²) in [4.78, 5) is 17.3. The maximum Gasteiger partial charge on any atom is 0.229 e. The van der Waals surface area contributed by atoms with Crippen molar-refractivity contribution < 1.29 is 9.21 Å². The first kappa shape index (κ1) is 20.0. The molecular formula is C25H20N4O2S. The second kappa shape index (κ2) is 8.64. The molecule has 6 nitrogen and oxygen atoms in total. The summed E-state index contributed by atoms with van der Waals surface area (Å²) in [5.74, 6) is 1.18. The Morgan fingerprint density at radius 3 is 2.56 bits per heavy atom. The number of hydrogen-bond acceptors (Lipinski definition) is 5. The molecule has 0 aliphatic rings. The van der Waals surface area contributed by atoms with E-state index in [0.29, 0.717) is 16.7 Å². The van der Waals surface area contributed by atoms with Gasteiger partial charge in [-0.05, 0) is 35.7 Å². The van der Waals surface area contributed by atoms with Gasteiger partial charge in [0, 0.05) is 11.4 Å². The number of nitrogens with zero attached hydrogens (tertiary/aromatic N) is 3. The van der Waals surface area contributed by atoms with Crippen LogP contribution in [0.3, 0.4) is 0 Å². The summed E-state index contributed by atoms with van der Waals surface area (Å²) in [7, 11) is 0. The molecular weight excluding hydrogens is 420 g/mol. The quantitative estimate of drug-likeness (QED) is 0.365. The monoisotopic (exact) mass is 440 g/mol. The maximum atomic E-state index is 12.7. The van der Waals surface area contributed by atoms with Crippen molar-refractivity contribution in [2.24, 2.45) is 0 Å². The minimum Gasteiger partial charge on any atom is -0.463 e. The molecule has 0 atom stereocenters. The smallest absolute Gasteiger partial charge is 0.229 e. The highest BCUT2D eigenvalue weighted by atomic mass is 32.1. The molecule has 0 aliphatic carbocycles. The summed E-state index contributed by atoms with van der Waals surface area (Å²) in [5, 5.41) is 10.0. The van der Waals surface area contributed by atoms with Gasteiger partial charge >= 0.3 is 0 Å². The van der Waals surface area contributed by atoms with Gasteiger partial charge in [0.1, 0.15) is 11.5 Å². The fourth-order valence-electron chi connectivity index (χ4n) is 3.45. The molecule has 0 aliphatic heterocycles. The van der Waals surface area contributed by atoms with E-state index in [1.165, 1.54) is 11.3 Å². The van der Waals surface area contributed by atoms with E-state index >= 15 is 0 Å².